The number of unbranched alkanes of at least 4 members (excludes halogenated alkanes) is 9. The first-order chi connectivity index (χ1) is 22.3. The Morgan fingerprint density at radius 3 is 0.822 bits per heavy atom. The monoisotopic (exact) mass is 653 g/mol. The molecule has 0 rings (SSSR count). The molecule has 0 amide bonds. The van der Waals surface area contributed by atoms with Crippen molar-refractivity contribution in [3.63, 3.8) is 0 Å². The van der Waals surface area contributed by atoms with Crippen molar-refractivity contribution in [1.82, 2.24) is 0 Å². The van der Waals surface area contributed by atoms with Gasteiger partial charge in [0.15, 0.2) is 0 Å². The summed E-state index contributed by atoms with van der Waals surface area (Å²) in [6.45, 7) is 18.4. The summed E-state index contributed by atoms with van der Waals surface area (Å²) in [5.41, 5.74) is 0. The lowest BCUT2D eigenvalue weighted by Gasteiger charge is -2.10. The molecule has 272 valence electrons. The molecule has 45 heavy (non-hydrogen) atoms. The Morgan fingerprint density at radius 1 is 0.289 bits per heavy atom. The molecule has 0 heterocycles. The maximum absolute atomic E-state index is 5.65. The summed E-state index contributed by atoms with van der Waals surface area (Å²) in [4.78, 5) is 0. The molecule has 0 aromatic heterocycles. The van der Waals surface area contributed by atoms with Crippen LogP contribution in [-0.2, 0) is 47.4 Å². The molecule has 0 aliphatic rings. The van der Waals surface area contributed by atoms with Crippen molar-refractivity contribution >= 4 is 0 Å². The highest BCUT2D eigenvalue weighted by Crippen LogP contribution is 2.10. The maximum atomic E-state index is 5.65. The zero-order chi connectivity index (χ0) is 32.6. The van der Waals surface area contributed by atoms with Crippen molar-refractivity contribution in [1.29, 1.82) is 0 Å². The van der Waals surface area contributed by atoms with Gasteiger partial charge in [0.1, 0.15) is 0 Å². The molecule has 0 saturated heterocycles. The van der Waals surface area contributed by atoms with Gasteiger partial charge in [0.05, 0.1) is 119 Å². The van der Waals surface area contributed by atoms with Gasteiger partial charge in [-0.3, -0.25) is 0 Å². The fourth-order valence-corrected chi connectivity index (χ4v) is 4.07. The standard InChI is InChI=1S/C35H72O10/c1-4-6-7-8-9-10-11-12-13-14-15-36-16-17-37-18-19-38-20-21-39-22-23-40-24-25-41-26-27-42-28-29-43-30-31-44-32-33-45-34-35(3)5-2/h35H,4-34H2,1-3H3. The van der Waals surface area contributed by atoms with Crippen LogP contribution in [0, 0.1) is 5.92 Å². The predicted octanol–water partition coefficient (Wildman–Crippen LogP) is 6.12. The molecule has 1 unspecified atom stereocenters. The van der Waals surface area contributed by atoms with E-state index in [1.807, 2.05) is 0 Å². The van der Waals surface area contributed by atoms with E-state index in [-0.39, 0.29) is 0 Å². The molecule has 0 aromatic rings. The van der Waals surface area contributed by atoms with Gasteiger partial charge in [-0.25, -0.2) is 0 Å². The summed E-state index contributed by atoms with van der Waals surface area (Å²) in [6.07, 6.45) is 14.6. The molecule has 0 aliphatic heterocycles. The first kappa shape index (κ1) is 44.6. The van der Waals surface area contributed by atoms with Crippen LogP contribution < -0.4 is 0 Å². The lowest BCUT2D eigenvalue weighted by Crippen LogP contribution is -2.15. The molecule has 10 nitrogen and oxygen atoms in total. The van der Waals surface area contributed by atoms with Crippen LogP contribution in [0.3, 0.4) is 0 Å². The van der Waals surface area contributed by atoms with E-state index in [4.69, 9.17) is 47.4 Å². The van der Waals surface area contributed by atoms with Gasteiger partial charge in [-0.05, 0) is 12.3 Å². The minimum Gasteiger partial charge on any atom is -0.379 e. The lowest BCUT2D eigenvalue weighted by atomic mass is 10.1. The third-order valence-corrected chi connectivity index (χ3v) is 7.09. The Labute approximate surface area is 276 Å². The van der Waals surface area contributed by atoms with E-state index in [9.17, 15) is 0 Å². The van der Waals surface area contributed by atoms with E-state index in [0.717, 1.165) is 26.1 Å². The Hall–Kier alpha value is -0.400. The molecule has 0 aliphatic carbocycles. The van der Waals surface area contributed by atoms with Gasteiger partial charge in [-0.1, -0.05) is 85.0 Å². The van der Waals surface area contributed by atoms with Gasteiger partial charge in [0.25, 0.3) is 0 Å². The van der Waals surface area contributed by atoms with E-state index in [2.05, 4.69) is 20.8 Å². The zero-order valence-corrected chi connectivity index (χ0v) is 29.6. The average molecular weight is 653 g/mol. The highest BCUT2D eigenvalue weighted by Gasteiger charge is 1.99. The van der Waals surface area contributed by atoms with Gasteiger partial charge < -0.3 is 47.4 Å². The minimum atomic E-state index is 0.533. The lowest BCUT2D eigenvalue weighted by molar-refractivity contribution is -0.0268. The van der Waals surface area contributed by atoms with Gasteiger partial charge >= 0.3 is 0 Å². The fourth-order valence-electron chi connectivity index (χ4n) is 4.07. The Morgan fingerprint density at radius 2 is 0.533 bits per heavy atom. The van der Waals surface area contributed by atoms with E-state index in [1.54, 1.807) is 0 Å². The molecule has 0 aromatic carbocycles. The second kappa shape index (κ2) is 41.6. The minimum absolute atomic E-state index is 0.533. The van der Waals surface area contributed by atoms with E-state index >= 15 is 0 Å². The molecule has 10 heteroatoms. The summed E-state index contributed by atoms with van der Waals surface area (Å²) in [7, 11) is 0. The molecular formula is C35H72O10. The van der Waals surface area contributed by atoms with Crippen LogP contribution in [0.1, 0.15) is 91.4 Å². The van der Waals surface area contributed by atoms with Crippen molar-refractivity contribution in [2.45, 2.75) is 91.4 Å². The molecule has 0 spiro atoms. The number of rotatable bonds is 41. The second-order valence-corrected chi connectivity index (χ2v) is 11.3. The largest absolute Gasteiger partial charge is 0.379 e. The Kier molecular flexibility index (Phi) is 41.3. The SMILES string of the molecule is CCCCCCCCCCCCOCCOCCOCCOCCOCCOCCOCCOCCOCCOCC(C)CC. The quantitative estimate of drug-likeness (QED) is 0.0720. The Bertz CT molecular complexity index is 515. The molecule has 0 N–H and O–H groups in total. The number of hydrogen-bond donors (Lipinski definition) is 0. The smallest absolute Gasteiger partial charge is 0.0701 e. The Balaban J connectivity index is 3.04. The highest BCUT2D eigenvalue weighted by molar-refractivity contribution is 4.48. The van der Waals surface area contributed by atoms with Crippen molar-refractivity contribution in [3.05, 3.63) is 0 Å². The fraction of sp³-hybridized carbons (Fsp3) is 1.00. The van der Waals surface area contributed by atoms with Crippen LogP contribution in [0.15, 0.2) is 0 Å². The summed E-state index contributed by atoms with van der Waals surface area (Å²) >= 11 is 0. The van der Waals surface area contributed by atoms with Crippen LogP contribution >= 0.6 is 0 Å². The van der Waals surface area contributed by atoms with Crippen LogP contribution in [0.25, 0.3) is 0 Å². The van der Waals surface area contributed by atoms with Crippen molar-refractivity contribution < 1.29 is 47.4 Å². The molecule has 0 fully saturated rings. The first-order valence-electron chi connectivity index (χ1n) is 18.1. The maximum Gasteiger partial charge on any atom is 0.0701 e. The predicted molar refractivity (Wildman–Crippen MR) is 179 cm³/mol. The number of hydrogen-bond acceptors (Lipinski definition) is 10. The van der Waals surface area contributed by atoms with Gasteiger partial charge in [-0.15, -0.1) is 0 Å². The average Bonchev–Trinajstić information content (AvgIpc) is 3.05. The summed E-state index contributed by atoms with van der Waals surface area (Å²) in [5, 5.41) is 0. The van der Waals surface area contributed by atoms with Crippen LogP contribution in [-0.4, -0.2) is 132 Å². The molecule has 0 radical (unpaired) electrons. The summed E-state index contributed by atoms with van der Waals surface area (Å²) < 4.78 is 55.2. The van der Waals surface area contributed by atoms with Gasteiger partial charge in [0.2, 0.25) is 0 Å². The summed E-state index contributed by atoms with van der Waals surface area (Å²) in [6, 6.07) is 0. The van der Waals surface area contributed by atoms with Crippen molar-refractivity contribution in [2.24, 2.45) is 5.92 Å². The first-order valence-corrected chi connectivity index (χ1v) is 18.1. The topological polar surface area (TPSA) is 92.3 Å². The van der Waals surface area contributed by atoms with Crippen molar-refractivity contribution in [3.8, 4) is 0 Å². The second-order valence-electron chi connectivity index (χ2n) is 11.3. The van der Waals surface area contributed by atoms with Gasteiger partial charge in [0, 0.05) is 13.2 Å². The number of ether oxygens (including phenoxy) is 10. The third-order valence-electron chi connectivity index (χ3n) is 7.09. The van der Waals surface area contributed by atoms with Gasteiger partial charge in [-0.2, -0.15) is 0 Å². The molecule has 1 atom stereocenters. The summed E-state index contributed by atoms with van der Waals surface area (Å²) in [5.74, 6) is 0.603. The van der Waals surface area contributed by atoms with Crippen LogP contribution in [0.5, 0.6) is 0 Å². The van der Waals surface area contributed by atoms with E-state index in [0.29, 0.717) is 125 Å². The van der Waals surface area contributed by atoms with Crippen LogP contribution in [0.2, 0.25) is 0 Å². The van der Waals surface area contributed by atoms with Crippen molar-refractivity contribution in [2.75, 3.05) is 132 Å². The molecule has 0 bridgehead atoms. The zero-order valence-electron chi connectivity index (χ0n) is 29.6. The molecule has 0 saturated carbocycles. The highest BCUT2D eigenvalue weighted by atomic mass is 16.6. The van der Waals surface area contributed by atoms with E-state index < -0.39 is 0 Å². The third kappa shape index (κ3) is 41.6. The van der Waals surface area contributed by atoms with Crippen LogP contribution in [0.4, 0.5) is 0 Å². The molecular weight excluding hydrogens is 580 g/mol. The van der Waals surface area contributed by atoms with E-state index in [1.165, 1.54) is 57.8 Å². The normalized spacial score (nSPS) is 12.3.